The standard InChI is InChI=1S/C41H27N3.C39H25N3/c1-3-11-28(12-4-1)29-19-22-33(23-20-29)43-38-17-9-7-15-34(38)36-25-30(21-24-40(36)43)31-26-37-35-16-8-10-18-39(35)44(41(37)42-27-31)32-13-5-2-6-14-32;1-2-12-30(13-3-1)42-37-17-9-7-15-33(37)35-24-29(25-40-39(35)42)28-19-21-38-34(23-28)32-14-6-8-16-36(32)41(38)31-20-18-26-10-4-5-11-27(26)22-31/h1-27H;1-25H. The fourth-order valence-corrected chi connectivity index (χ4v) is 13.3. The minimum Gasteiger partial charge on any atom is -0.309 e. The Hall–Kier alpha value is -11.6. The van der Waals surface area contributed by atoms with Crippen LogP contribution in [-0.2, 0) is 0 Å². The fourth-order valence-electron chi connectivity index (χ4n) is 13.3. The van der Waals surface area contributed by atoms with E-state index >= 15 is 0 Å². The van der Waals surface area contributed by atoms with Crippen LogP contribution in [0.4, 0.5) is 0 Å². The third kappa shape index (κ3) is 8.03. The summed E-state index contributed by atoms with van der Waals surface area (Å²) in [6, 6.07) is 108. The van der Waals surface area contributed by atoms with E-state index in [2.05, 4.69) is 322 Å². The zero-order valence-corrected chi connectivity index (χ0v) is 46.7. The van der Waals surface area contributed by atoms with E-state index in [1.807, 2.05) is 12.4 Å². The summed E-state index contributed by atoms with van der Waals surface area (Å²) in [5.41, 5.74) is 20.6. The molecule has 0 N–H and O–H groups in total. The normalized spacial score (nSPS) is 11.7. The molecule has 6 heteroatoms. The minimum atomic E-state index is 0.970. The molecule has 6 nitrogen and oxygen atoms in total. The number of nitrogens with zero attached hydrogens (tertiary/aromatic N) is 6. The molecule has 0 fully saturated rings. The first-order chi connectivity index (χ1) is 42.7. The summed E-state index contributed by atoms with van der Waals surface area (Å²) in [4.78, 5) is 10.1. The van der Waals surface area contributed by atoms with Gasteiger partial charge in [0.1, 0.15) is 11.3 Å². The molecule has 0 saturated carbocycles. The molecule has 86 heavy (non-hydrogen) atoms. The van der Waals surface area contributed by atoms with Gasteiger partial charge >= 0.3 is 0 Å². The van der Waals surface area contributed by atoms with Crippen molar-refractivity contribution in [2.75, 3.05) is 0 Å². The lowest BCUT2D eigenvalue weighted by Crippen LogP contribution is -1.95. The van der Waals surface area contributed by atoms with Crippen molar-refractivity contribution < 1.29 is 0 Å². The number of rotatable bonds is 7. The average molecular weight is 1100 g/mol. The smallest absolute Gasteiger partial charge is 0.145 e. The summed E-state index contributed by atoms with van der Waals surface area (Å²) in [7, 11) is 0. The van der Waals surface area contributed by atoms with Gasteiger partial charge in [0.2, 0.25) is 0 Å². The molecule has 0 aliphatic rings. The number of benzene rings is 12. The SMILES string of the molecule is c1ccc(-c2ccc(-n3c4ccccc4c4cc(-c5cnc6c(c5)c5ccccc5n6-c5ccccc5)ccc43)cc2)cc1.c1ccc(-n2c3ccccc3c3cc(-c4ccc5c(c4)c4ccccc4n5-c4ccc5ccccc5c4)cnc32)cc1. The summed E-state index contributed by atoms with van der Waals surface area (Å²) in [6.45, 7) is 0. The van der Waals surface area contributed by atoms with E-state index in [0.29, 0.717) is 0 Å². The van der Waals surface area contributed by atoms with Crippen LogP contribution >= 0.6 is 0 Å². The van der Waals surface area contributed by atoms with Gasteiger partial charge in [0.25, 0.3) is 0 Å². The van der Waals surface area contributed by atoms with Crippen molar-refractivity contribution in [3.05, 3.63) is 316 Å². The first kappa shape index (κ1) is 49.0. The first-order valence-electron chi connectivity index (χ1n) is 29.3. The summed E-state index contributed by atoms with van der Waals surface area (Å²) < 4.78 is 9.27. The highest BCUT2D eigenvalue weighted by atomic mass is 15.1. The Balaban J connectivity index is 0.000000135. The molecule has 0 spiro atoms. The van der Waals surface area contributed by atoms with Crippen molar-refractivity contribution in [3.8, 4) is 56.1 Å². The van der Waals surface area contributed by atoms with Gasteiger partial charge in [-0.1, -0.05) is 194 Å². The average Bonchev–Trinajstić information content (AvgIpc) is 2.13. The minimum absolute atomic E-state index is 0.970. The molecule has 0 atom stereocenters. The molecule has 0 radical (unpaired) electrons. The van der Waals surface area contributed by atoms with Crippen molar-refractivity contribution in [3.63, 3.8) is 0 Å². The Labute approximate surface area is 495 Å². The Kier molecular flexibility index (Phi) is 11.5. The summed E-state index contributed by atoms with van der Waals surface area (Å²) in [6.07, 6.45) is 4.04. The molecule has 0 aliphatic carbocycles. The predicted molar refractivity (Wildman–Crippen MR) is 360 cm³/mol. The maximum atomic E-state index is 5.06. The van der Waals surface area contributed by atoms with Crippen LogP contribution in [0, 0.1) is 0 Å². The lowest BCUT2D eigenvalue weighted by Gasteiger charge is -2.10. The predicted octanol–water partition coefficient (Wildman–Crippen LogP) is 20.7. The zero-order chi connectivity index (χ0) is 56.7. The van der Waals surface area contributed by atoms with Crippen LogP contribution in [0.25, 0.3) is 154 Å². The van der Waals surface area contributed by atoms with Gasteiger partial charge in [0.15, 0.2) is 0 Å². The third-order valence-corrected chi connectivity index (χ3v) is 17.3. The quantitative estimate of drug-likeness (QED) is 0.160. The van der Waals surface area contributed by atoms with Crippen molar-refractivity contribution in [2.45, 2.75) is 0 Å². The van der Waals surface area contributed by atoms with Crippen LogP contribution < -0.4 is 0 Å². The third-order valence-electron chi connectivity index (χ3n) is 17.3. The maximum absolute atomic E-state index is 5.06. The zero-order valence-electron chi connectivity index (χ0n) is 46.7. The van der Waals surface area contributed by atoms with Crippen LogP contribution in [-0.4, -0.2) is 28.2 Å². The van der Waals surface area contributed by atoms with Gasteiger partial charge < -0.3 is 9.13 Å². The molecule has 402 valence electrons. The molecular weight excluding hydrogens is 1040 g/mol. The van der Waals surface area contributed by atoms with Crippen molar-refractivity contribution in [2.24, 2.45) is 0 Å². The lowest BCUT2D eigenvalue weighted by molar-refractivity contribution is 1.14. The largest absolute Gasteiger partial charge is 0.309 e. The Morgan fingerprint density at radius 3 is 1.02 bits per heavy atom. The highest BCUT2D eigenvalue weighted by molar-refractivity contribution is 6.14. The summed E-state index contributed by atoms with van der Waals surface area (Å²) in [5.74, 6) is 0. The maximum Gasteiger partial charge on any atom is 0.145 e. The second-order valence-corrected chi connectivity index (χ2v) is 22.2. The highest BCUT2D eigenvalue weighted by Gasteiger charge is 2.20. The van der Waals surface area contributed by atoms with Crippen molar-refractivity contribution in [1.82, 2.24) is 28.2 Å². The van der Waals surface area contributed by atoms with Gasteiger partial charge in [-0.2, -0.15) is 0 Å². The molecule has 12 aromatic carbocycles. The van der Waals surface area contributed by atoms with Gasteiger partial charge in [-0.25, -0.2) is 9.97 Å². The monoisotopic (exact) mass is 1100 g/mol. The summed E-state index contributed by atoms with van der Waals surface area (Å²) >= 11 is 0. The Morgan fingerprint density at radius 1 is 0.186 bits per heavy atom. The number of pyridine rings is 2. The first-order valence-corrected chi connectivity index (χ1v) is 29.3. The topological polar surface area (TPSA) is 45.5 Å². The molecular formula is C80H52N6. The van der Waals surface area contributed by atoms with E-state index in [4.69, 9.17) is 9.97 Å². The van der Waals surface area contributed by atoms with Crippen molar-refractivity contribution >= 4 is 98.3 Å². The molecule has 0 aliphatic heterocycles. The van der Waals surface area contributed by atoms with E-state index in [0.717, 1.165) is 72.4 Å². The number of para-hydroxylation sites is 6. The van der Waals surface area contributed by atoms with Crippen LogP contribution in [0.1, 0.15) is 0 Å². The van der Waals surface area contributed by atoms with Gasteiger partial charge in [-0.05, 0) is 142 Å². The number of hydrogen-bond donors (Lipinski definition) is 0. The molecule has 0 bridgehead atoms. The molecule has 18 rings (SSSR count). The van der Waals surface area contributed by atoms with Crippen molar-refractivity contribution in [1.29, 1.82) is 0 Å². The van der Waals surface area contributed by atoms with Gasteiger partial charge in [0.05, 0.1) is 33.1 Å². The second-order valence-electron chi connectivity index (χ2n) is 22.2. The van der Waals surface area contributed by atoms with Crippen LogP contribution in [0.3, 0.4) is 0 Å². The van der Waals surface area contributed by atoms with E-state index in [-0.39, 0.29) is 0 Å². The lowest BCUT2D eigenvalue weighted by atomic mass is 10.0. The molecule has 18 aromatic rings. The molecule has 0 amide bonds. The molecule has 6 heterocycles. The summed E-state index contributed by atoms with van der Waals surface area (Å²) in [5, 5.41) is 12.2. The highest BCUT2D eigenvalue weighted by Crippen LogP contribution is 2.41. The van der Waals surface area contributed by atoms with E-state index in [1.54, 1.807) is 0 Å². The second kappa shape index (κ2) is 20.1. The Morgan fingerprint density at radius 2 is 0.523 bits per heavy atom. The van der Waals surface area contributed by atoms with E-state index < -0.39 is 0 Å². The molecule has 6 aromatic heterocycles. The van der Waals surface area contributed by atoms with E-state index in [1.165, 1.54) is 82.0 Å². The van der Waals surface area contributed by atoms with Gasteiger partial charge in [-0.15, -0.1) is 0 Å². The van der Waals surface area contributed by atoms with E-state index in [9.17, 15) is 0 Å². The van der Waals surface area contributed by atoms with Crippen LogP contribution in [0.5, 0.6) is 0 Å². The number of hydrogen-bond acceptors (Lipinski definition) is 2. The number of aromatic nitrogens is 6. The molecule has 0 unspecified atom stereocenters. The number of fused-ring (bicyclic) bond motifs is 13. The van der Waals surface area contributed by atoms with Crippen LogP contribution in [0.15, 0.2) is 316 Å². The van der Waals surface area contributed by atoms with Gasteiger partial charge in [-0.3, -0.25) is 9.13 Å². The molecule has 0 saturated heterocycles. The Bertz CT molecular complexity index is 5630. The fraction of sp³-hybridized carbons (Fsp3) is 0. The van der Waals surface area contributed by atoms with Gasteiger partial charge in [0, 0.05) is 89.4 Å². The van der Waals surface area contributed by atoms with Crippen LogP contribution in [0.2, 0.25) is 0 Å².